The zero-order chi connectivity index (χ0) is 10.6. The molecular formula is C9H11ClFNO2. The van der Waals surface area contributed by atoms with Crippen LogP contribution in [-0.4, -0.2) is 24.4 Å². The lowest BCUT2D eigenvalue weighted by Gasteiger charge is -2.10. The minimum atomic E-state index is -0.798. The van der Waals surface area contributed by atoms with Gasteiger partial charge in [0, 0.05) is 6.54 Å². The number of hydrogen-bond acceptors (Lipinski definition) is 3. The van der Waals surface area contributed by atoms with Crippen LogP contribution in [0.5, 0.6) is 5.75 Å². The Hall–Kier alpha value is -0.840. The van der Waals surface area contributed by atoms with E-state index in [2.05, 4.69) is 0 Å². The van der Waals surface area contributed by atoms with Gasteiger partial charge in [0.2, 0.25) is 0 Å². The van der Waals surface area contributed by atoms with E-state index in [1.807, 2.05) is 0 Å². The molecule has 78 valence electrons. The molecule has 0 saturated heterocycles. The summed E-state index contributed by atoms with van der Waals surface area (Å²) in [5, 5.41) is 9.06. The van der Waals surface area contributed by atoms with Crippen LogP contribution in [-0.2, 0) is 0 Å². The van der Waals surface area contributed by atoms with E-state index in [1.54, 1.807) is 6.07 Å². The summed E-state index contributed by atoms with van der Waals surface area (Å²) < 4.78 is 18.2. The Morgan fingerprint density at radius 1 is 1.57 bits per heavy atom. The van der Waals surface area contributed by atoms with Crippen LogP contribution in [0.1, 0.15) is 0 Å². The third kappa shape index (κ3) is 2.83. The van der Waals surface area contributed by atoms with Crippen LogP contribution in [0.3, 0.4) is 0 Å². The lowest BCUT2D eigenvalue weighted by Crippen LogP contribution is -2.26. The van der Waals surface area contributed by atoms with E-state index in [0.717, 1.165) is 0 Å². The van der Waals surface area contributed by atoms with Crippen LogP contribution in [0, 0.1) is 5.82 Å². The van der Waals surface area contributed by atoms with E-state index in [0.29, 0.717) is 0 Å². The monoisotopic (exact) mass is 219 g/mol. The molecule has 0 aliphatic heterocycles. The molecule has 1 aromatic carbocycles. The molecule has 14 heavy (non-hydrogen) atoms. The molecule has 0 fully saturated rings. The Morgan fingerprint density at radius 3 is 2.93 bits per heavy atom. The second-order valence-corrected chi connectivity index (χ2v) is 3.16. The molecule has 3 N–H and O–H groups in total. The van der Waals surface area contributed by atoms with Crippen LogP contribution in [0.4, 0.5) is 4.39 Å². The maximum atomic E-state index is 13.2. The Labute approximate surface area is 86.2 Å². The summed E-state index contributed by atoms with van der Waals surface area (Å²) in [5.41, 5.74) is 5.15. The number of benzene rings is 1. The third-order valence-electron chi connectivity index (χ3n) is 1.62. The summed E-state index contributed by atoms with van der Waals surface area (Å²) in [5.74, 6) is -0.608. The average molecular weight is 220 g/mol. The van der Waals surface area contributed by atoms with Gasteiger partial charge in [0.1, 0.15) is 12.7 Å². The van der Waals surface area contributed by atoms with Crippen LogP contribution in [0.25, 0.3) is 0 Å². The summed E-state index contributed by atoms with van der Waals surface area (Å²) in [7, 11) is 0. The molecule has 1 rings (SSSR count). The van der Waals surface area contributed by atoms with Crippen molar-refractivity contribution < 1.29 is 14.2 Å². The molecule has 5 heteroatoms. The molecular weight excluding hydrogens is 209 g/mol. The van der Waals surface area contributed by atoms with Crippen LogP contribution in [0.15, 0.2) is 18.2 Å². The van der Waals surface area contributed by atoms with Gasteiger partial charge in [-0.3, -0.25) is 0 Å². The Bertz CT molecular complexity index is 309. The van der Waals surface area contributed by atoms with Crippen molar-refractivity contribution in [2.75, 3.05) is 13.2 Å². The van der Waals surface area contributed by atoms with Crippen LogP contribution in [0.2, 0.25) is 5.02 Å². The normalized spacial score (nSPS) is 12.6. The molecule has 0 amide bonds. The van der Waals surface area contributed by atoms with E-state index in [1.165, 1.54) is 12.1 Å². The molecule has 0 aliphatic carbocycles. The van der Waals surface area contributed by atoms with Gasteiger partial charge in [-0.05, 0) is 12.1 Å². The average Bonchev–Trinajstić information content (AvgIpc) is 2.20. The summed E-state index contributed by atoms with van der Waals surface area (Å²) >= 11 is 5.52. The predicted molar refractivity (Wildman–Crippen MR) is 52.0 cm³/mol. The van der Waals surface area contributed by atoms with Crippen molar-refractivity contribution in [2.24, 2.45) is 5.73 Å². The minimum Gasteiger partial charge on any atom is -0.488 e. The number of halogens is 2. The SMILES string of the molecule is NCC(O)COc1cccc(Cl)c1F. The molecule has 0 heterocycles. The topological polar surface area (TPSA) is 55.5 Å². The molecule has 0 bridgehead atoms. The first-order chi connectivity index (χ1) is 6.65. The van der Waals surface area contributed by atoms with E-state index in [9.17, 15) is 4.39 Å². The molecule has 1 atom stereocenters. The second kappa shape index (κ2) is 5.14. The molecule has 0 saturated carbocycles. The molecule has 1 aromatic rings. The van der Waals surface area contributed by atoms with Crippen molar-refractivity contribution in [3.8, 4) is 5.75 Å². The number of nitrogens with two attached hydrogens (primary N) is 1. The van der Waals surface area contributed by atoms with Crippen LogP contribution < -0.4 is 10.5 Å². The highest BCUT2D eigenvalue weighted by molar-refractivity contribution is 6.30. The zero-order valence-corrected chi connectivity index (χ0v) is 8.17. The molecule has 0 aromatic heterocycles. The van der Waals surface area contributed by atoms with Gasteiger partial charge in [-0.25, -0.2) is 4.39 Å². The largest absolute Gasteiger partial charge is 0.488 e. The smallest absolute Gasteiger partial charge is 0.183 e. The van der Waals surface area contributed by atoms with Crippen molar-refractivity contribution in [1.29, 1.82) is 0 Å². The van der Waals surface area contributed by atoms with Gasteiger partial charge in [-0.15, -0.1) is 0 Å². The molecule has 3 nitrogen and oxygen atoms in total. The number of aliphatic hydroxyl groups is 1. The van der Waals surface area contributed by atoms with Crippen molar-refractivity contribution >= 4 is 11.6 Å². The lowest BCUT2D eigenvalue weighted by molar-refractivity contribution is 0.112. The number of rotatable bonds is 4. The van der Waals surface area contributed by atoms with Gasteiger partial charge in [0.25, 0.3) is 0 Å². The maximum absolute atomic E-state index is 13.2. The highest BCUT2D eigenvalue weighted by Gasteiger charge is 2.09. The van der Waals surface area contributed by atoms with E-state index in [4.69, 9.17) is 27.2 Å². The quantitative estimate of drug-likeness (QED) is 0.800. The first kappa shape index (κ1) is 11.2. The zero-order valence-electron chi connectivity index (χ0n) is 7.41. The van der Waals surface area contributed by atoms with Gasteiger partial charge in [-0.1, -0.05) is 17.7 Å². The minimum absolute atomic E-state index is 0.00950. The number of ether oxygens (including phenoxy) is 1. The van der Waals surface area contributed by atoms with Gasteiger partial charge >= 0.3 is 0 Å². The van der Waals surface area contributed by atoms with Crippen molar-refractivity contribution in [1.82, 2.24) is 0 Å². The fourth-order valence-electron chi connectivity index (χ4n) is 0.850. The van der Waals surface area contributed by atoms with Gasteiger partial charge in [0.15, 0.2) is 11.6 Å². The first-order valence-corrected chi connectivity index (χ1v) is 4.48. The van der Waals surface area contributed by atoms with Crippen molar-refractivity contribution in [3.63, 3.8) is 0 Å². The standard InChI is InChI=1S/C9H11ClFNO2/c10-7-2-1-3-8(9(7)11)14-5-6(13)4-12/h1-3,6,13H,4-5,12H2. The Morgan fingerprint density at radius 2 is 2.29 bits per heavy atom. The molecule has 0 aliphatic rings. The predicted octanol–water partition coefficient (Wildman–Crippen LogP) is 1.18. The van der Waals surface area contributed by atoms with E-state index < -0.39 is 11.9 Å². The Kier molecular flexibility index (Phi) is 4.13. The highest BCUT2D eigenvalue weighted by Crippen LogP contribution is 2.23. The summed E-state index contributed by atoms with van der Waals surface area (Å²) in [6.07, 6.45) is -0.798. The van der Waals surface area contributed by atoms with Gasteiger partial charge < -0.3 is 15.6 Å². The lowest BCUT2D eigenvalue weighted by atomic mass is 10.3. The Balaban J connectivity index is 2.63. The van der Waals surface area contributed by atoms with Crippen molar-refractivity contribution in [2.45, 2.75) is 6.10 Å². The molecule has 1 unspecified atom stereocenters. The molecule has 0 spiro atoms. The summed E-state index contributed by atoms with van der Waals surface area (Å²) in [6, 6.07) is 4.42. The van der Waals surface area contributed by atoms with Crippen molar-refractivity contribution in [3.05, 3.63) is 29.0 Å². The number of aliphatic hydroxyl groups excluding tert-OH is 1. The van der Waals surface area contributed by atoms with Crippen LogP contribution >= 0.6 is 11.6 Å². The molecule has 0 radical (unpaired) electrons. The first-order valence-electron chi connectivity index (χ1n) is 4.10. The third-order valence-corrected chi connectivity index (χ3v) is 1.91. The fourth-order valence-corrected chi connectivity index (χ4v) is 1.02. The summed E-state index contributed by atoms with van der Waals surface area (Å²) in [4.78, 5) is 0. The number of hydrogen-bond donors (Lipinski definition) is 2. The van der Waals surface area contributed by atoms with Gasteiger partial charge in [0.05, 0.1) is 5.02 Å². The second-order valence-electron chi connectivity index (χ2n) is 2.75. The van der Waals surface area contributed by atoms with E-state index >= 15 is 0 Å². The maximum Gasteiger partial charge on any atom is 0.183 e. The fraction of sp³-hybridized carbons (Fsp3) is 0.333. The van der Waals surface area contributed by atoms with E-state index in [-0.39, 0.29) is 23.9 Å². The highest BCUT2D eigenvalue weighted by atomic mass is 35.5. The van der Waals surface area contributed by atoms with Gasteiger partial charge in [-0.2, -0.15) is 0 Å². The summed E-state index contributed by atoms with van der Waals surface area (Å²) in [6.45, 7) is 0.0238.